The van der Waals surface area contributed by atoms with E-state index in [0.29, 0.717) is 0 Å². The van der Waals surface area contributed by atoms with Gasteiger partial charge in [0, 0.05) is 35.7 Å². The van der Waals surface area contributed by atoms with E-state index in [-0.39, 0.29) is 113 Å². The van der Waals surface area contributed by atoms with Gasteiger partial charge in [0.15, 0.2) is 0 Å². The summed E-state index contributed by atoms with van der Waals surface area (Å²) in [6, 6.07) is 0. The molecule has 0 bridgehead atoms. The fourth-order valence-corrected chi connectivity index (χ4v) is 1.34. The van der Waals surface area contributed by atoms with Crippen LogP contribution in [0.25, 0.3) is 0 Å². The molecule has 0 spiro atoms. The fourth-order valence-electron chi connectivity index (χ4n) is 1.34. The van der Waals surface area contributed by atoms with Gasteiger partial charge in [0.25, 0.3) is 0 Å². The van der Waals surface area contributed by atoms with Crippen molar-refractivity contribution < 1.29 is 69.6 Å². The molecule has 2 N–H and O–H groups in total. The van der Waals surface area contributed by atoms with Crippen molar-refractivity contribution >= 4 is 149 Å². The number of carbonyl (C=O) groups excluding carboxylic acids is 6. The number of rotatable bonds is 10. The second-order valence-electron chi connectivity index (χ2n) is 4.53. The Bertz CT molecular complexity index is 530. The fraction of sp³-hybridized carbons (Fsp3) is 0.500. The van der Waals surface area contributed by atoms with Crippen LogP contribution in [0.1, 0.15) is 12.8 Å². The summed E-state index contributed by atoms with van der Waals surface area (Å²) in [6.45, 7) is 0. The molecule has 0 radical (unpaired) electrons. The van der Waals surface area contributed by atoms with Crippen molar-refractivity contribution in [3.8, 4) is 0 Å². The summed E-state index contributed by atoms with van der Waals surface area (Å²) in [7, 11) is 0. The van der Waals surface area contributed by atoms with Crippen molar-refractivity contribution in [3.63, 3.8) is 0 Å². The monoisotopic (exact) mass is 498 g/mol. The number of hydrogen-bond donors (Lipinski definition) is 2. The van der Waals surface area contributed by atoms with Crippen molar-refractivity contribution in [2.45, 2.75) is 25.0 Å². The Labute approximate surface area is 251 Å². The summed E-state index contributed by atoms with van der Waals surface area (Å²) in [5.41, 5.74) is 0. The van der Waals surface area contributed by atoms with Crippen molar-refractivity contribution in [2.24, 2.45) is 11.8 Å². The van der Waals surface area contributed by atoms with E-state index in [4.69, 9.17) is 10.2 Å². The number of aliphatic carboxylic acids is 6. The molecule has 4 unspecified atom stereocenters. The van der Waals surface area contributed by atoms with Gasteiger partial charge in [-0.25, -0.2) is 0 Å². The summed E-state index contributed by atoms with van der Waals surface area (Å²) in [6.07, 6.45) is -7.11. The minimum atomic E-state index is -2.41. The molecule has 0 saturated carbocycles. The van der Waals surface area contributed by atoms with Crippen LogP contribution in [0.4, 0.5) is 0 Å². The van der Waals surface area contributed by atoms with Gasteiger partial charge in [0.05, 0.1) is 11.9 Å². The summed E-state index contributed by atoms with van der Waals surface area (Å²) in [5, 5.41) is 77.3. The molecular formula is C12H10Ca3O14. The molecule has 29 heavy (non-hydrogen) atoms. The minimum absolute atomic E-state index is 0. The second kappa shape index (κ2) is 20.4. The van der Waals surface area contributed by atoms with Gasteiger partial charge in [-0.2, -0.15) is 0 Å². The van der Waals surface area contributed by atoms with E-state index in [9.17, 15) is 59.4 Å². The number of carbonyl (C=O) groups is 6. The number of aliphatic hydroxyl groups excluding tert-OH is 2. The second-order valence-corrected chi connectivity index (χ2v) is 4.53. The Kier molecular flexibility index (Phi) is 28.1. The maximum Gasteiger partial charge on any atom is 2.00 e. The average molecular weight is 498 g/mol. The van der Waals surface area contributed by atoms with Gasteiger partial charge in [-0.1, -0.05) is 0 Å². The van der Waals surface area contributed by atoms with E-state index < -0.39 is 72.7 Å². The average Bonchev–Trinajstić information content (AvgIpc) is 2.48. The Balaban J connectivity index is -0.000000120. The van der Waals surface area contributed by atoms with Crippen molar-refractivity contribution in [1.29, 1.82) is 0 Å². The number of hydrogen-bond acceptors (Lipinski definition) is 14. The molecule has 0 aliphatic heterocycles. The SMILES string of the molecule is O=C([O-])CC(C(=O)[O-])C(O)C(=O)[O-].O=C([O-])CC(C(=O)[O-])C(O)C(=O)[O-].[Ca+2].[Ca+2].[Ca+2]. The number of carboxylic acid groups (broad SMARTS) is 6. The number of carboxylic acids is 6. The summed E-state index contributed by atoms with van der Waals surface area (Å²) < 4.78 is 0. The molecule has 0 rings (SSSR count). The summed E-state index contributed by atoms with van der Waals surface area (Å²) >= 11 is 0. The quantitative estimate of drug-likeness (QED) is 0.264. The van der Waals surface area contributed by atoms with Crippen LogP contribution in [0.2, 0.25) is 0 Å². The molecule has 4 atom stereocenters. The maximum atomic E-state index is 10.1. The Morgan fingerprint density at radius 1 is 0.517 bits per heavy atom. The standard InChI is InChI=1S/2C6H8O7.3Ca/c2*7-3(8)1-2(5(10)11)4(9)6(12)13;;;/h2*2,4,9H,1H2,(H,7,8)(H,10,11)(H,12,13);;;/q;;3*+2/p-6. The third-order valence-corrected chi connectivity index (χ3v) is 2.62. The van der Waals surface area contributed by atoms with Crippen LogP contribution in [-0.4, -0.2) is 171 Å². The van der Waals surface area contributed by atoms with Crippen molar-refractivity contribution in [2.75, 3.05) is 0 Å². The molecule has 17 heteroatoms. The van der Waals surface area contributed by atoms with Gasteiger partial charge in [-0.15, -0.1) is 0 Å². The van der Waals surface area contributed by atoms with Gasteiger partial charge in [-0.05, 0) is 12.8 Å². The molecule has 148 valence electrons. The molecule has 0 aromatic carbocycles. The largest absolute Gasteiger partial charge is 2.00 e. The van der Waals surface area contributed by atoms with Gasteiger partial charge in [0.1, 0.15) is 12.2 Å². The first-order valence-corrected chi connectivity index (χ1v) is 6.31. The van der Waals surface area contributed by atoms with Crippen molar-refractivity contribution in [1.82, 2.24) is 0 Å². The molecule has 0 aromatic rings. The van der Waals surface area contributed by atoms with E-state index in [1.165, 1.54) is 0 Å². The normalized spacial score (nSPS) is 13.0. The Morgan fingerprint density at radius 2 is 0.724 bits per heavy atom. The molecule has 0 heterocycles. The molecule has 0 amide bonds. The van der Waals surface area contributed by atoms with Gasteiger partial charge in [-0.3, -0.25) is 0 Å². The first-order chi connectivity index (χ1) is 11.7. The van der Waals surface area contributed by atoms with Crippen LogP contribution in [-0.2, 0) is 28.8 Å². The van der Waals surface area contributed by atoms with Crippen LogP contribution < -0.4 is 30.6 Å². The summed E-state index contributed by atoms with van der Waals surface area (Å²) in [4.78, 5) is 60.0. The molecule has 0 aromatic heterocycles. The molecule has 14 nitrogen and oxygen atoms in total. The molecule has 0 aliphatic rings. The van der Waals surface area contributed by atoms with Crippen LogP contribution in [0.15, 0.2) is 0 Å². The zero-order chi connectivity index (χ0) is 21.2. The summed E-state index contributed by atoms with van der Waals surface area (Å²) in [5.74, 6) is -15.8. The molecular weight excluding hydrogens is 488 g/mol. The third kappa shape index (κ3) is 19.0. The first-order valence-electron chi connectivity index (χ1n) is 6.31. The zero-order valence-corrected chi connectivity index (χ0v) is 21.3. The van der Waals surface area contributed by atoms with Gasteiger partial charge >= 0.3 is 113 Å². The van der Waals surface area contributed by atoms with Crippen LogP contribution in [0.5, 0.6) is 0 Å². The topological polar surface area (TPSA) is 281 Å². The van der Waals surface area contributed by atoms with E-state index in [1.807, 2.05) is 0 Å². The van der Waals surface area contributed by atoms with E-state index in [2.05, 4.69) is 0 Å². The first kappa shape index (κ1) is 39.9. The Hall–Kier alpha value is 0.519. The smallest absolute Gasteiger partial charge is 0.550 e. The Morgan fingerprint density at radius 3 is 0.828 bits per heavy atom. The van der Waals surface area contributed by atoms with Crippen LogP contribution in [0, 0.1) is 11.8 Å². The van der Waals surface area contributed by atoms with E-state index in [0.717, 1.165) is 0 Å². The third-order valence-electron chi connectivity index (χ3n) is 2.62. The van der Waals surface area contributed by atoms with Crippen molar-refractivity contribution in [3.05, 3.63) is 0 Å². The molecule has 0 fully saturated rings. The van der Waals surface area contributed by atoms with Crippen LogP contribution in [0.3, 0.4) is 0 Å². The van der Waals surface area contributed by atoms with Gasteiger partial charge in [0.2, 0.25) is 0 Å². The van der Waals surface area contributed by atoms with Crippen LogP contribution >= 0.6 is 0 Å². The van der Waals surface area contributed by atoms with E-state index in [1.54, 1.807) is 0 Å². The van der Waals surface area contributed by atoms with E-state index >= 15 is 0 Å². The van der Waals surface area contributed by atoms with Gasteiger partial charge < -0.3 is 69.6 Å². The predicted octanol–water partition coefficient (Wildman–Crippen LogP) is -11.9. The maximum absolute atomic E-state index is 10.1. The predicted molar refractivity (Wildman–Crippen MR) is 75.5 cm³/mol. The molecule has 0 aliphatic carbocycles. The molecule has 0 saturated heterocycles. The minimum Gasteiger partial charge on any atom is -0.550 e. The number of aliphatic hydroxyl groups is 2. The zero-order valence-electron chi connectivity index (χ0n) is 14.6.